The lowest BCUT2D eigenvalue weighted by Gasteiger charge is -2.37. The van der Waals surface area contributed by atoms with Crippen LogP contribution < -0.4 is 0 Å². The molecular formula is C14H23N2O+. The van der Waals surface area contributed by atoms with Crippen LogP contribution in [0.2, 0.25) is 0 Å². The first-order valence-corrected chi connectivity index (χ1v) is 6.29. The van der Waals surface area contributed by atoms with E-state index in [0.29, 0.717) is 0 Å². The van der Waals surface area contributed by atoms with Crippen molar-refractivity contribution < 1.29 is 9.59 Å². The molecule has 1 saturated heterocycles. The number of likely N-dealkylation sites (tertiary alicyclic amines) is 1. The summed E-state index contributed by atoms with van der Waals surface area (Å²) < 4.78 is 0.931. The molecule has 0 saturated carbocycles. The summed E-state index contributed by atoms with van der Waals surface area (Å²) in [5.41, 5.74) is 3.92. The molecule has 2 heterocycles. The van der Waals surface area contributed by atoms with E-state index in [9.17, 15) is 5.11 Å². The number of nitrogens with zero attached hydrogens (tertiary/aromatic N) is 1. The number of aryl methyl sites for hydroxylation is 1. The Kier molecular flexibility index (Phi) is 3.40. The van der Waals surface area contributed by atoms with Crippen molar-refractivity contribution in [3.8, 4) is 0 Å². The Hall–Kier alpha value is -1.06. The highest BCUT2D eigenvalue weighted by molar-refractivity contribution is 5.22. The Morgan fingerprint density at radius 3 is 2.76 bits per heavy atom. The van der Waals surface area contributed by atoms with Crippen LogP contribution in [0.25, 0.3) is 0 Å². The Morgan fingerprint density at radius 1 is 1.53 bits per heavy atom. The van der Waals surface area contributed by atoms with E-state index in [0.717, 1.165) is 30.4 Å². The molecule has 94 valence electrons. The molecule has 1 aromatic heterocycles. The van der Waals surface area contributed by atoms with Crippen molar-refractivity contribution in [2.45, 2.75) is 25.8 Å². The van der Waals surface area contributed by atoms with Gasteiger partial charge in [-0.15, -0.1) is 0 Å². The largest absolute Gasteiger partial charge is 0.390 e. The van der Waals surface area contributed by atoms with Crippen molar-refractivity contribution in [1.82, 2.24) is 4.98 Å². The number of quaternary nitrogens is 1. The van der Waals surface area contributed by atoms with Crippen molar-refractivity contribution >= 4 is 0 Å². The average Bonchev–Trinajstić information content (AvgIpc) is 2.83. The van der Waals surface area contributed by atoms with Gasteiger partial charge in [-0.05, 0) is 23.6 Å². The molecule has 0 radical (unpaired) electrons. The summed E-state index contributed by atoms with van der Waals surface area (Å²) in [6, 6.07) is 0.281. The Balaban J connectivity index is 2.12. The number of rotatable bonds is 4. The third-order valence-corrected chi connectivity index (χ3v) is 4.17. The zero-order valence-corrected chi connectivity index (χ0v) is 10.9. The van der Waals surface area contributed by atoms with Gasteiger partial charge in [-0.2, -0.15) is 0 Å². The maximum atomic E-state index is 9.67. The molecule has 2 rings (SSSR count). The van der Waals surface area contributed by atoms with Crippen molar-refractivity contribution in [3.63, 3.8) is 0 Å². The van der Waals surface area contributed by atoms with Crippen LogP contribution in [0.3, 0.4) is 0 Å². The van der Waals surface area contributed by atoms with Gasteiger partial charge in [0.25, 0.3) is 0 Å². The van der Waals surface area contributed by atoms with Gasteiger partial charge in [0.1, 0.15) is 12.6 Å². The number of aromatic nitrogens is 1. The summed E-state index contributed by atoms with van der Waals surface area (Å²) in [4.78, 5) is 3.13. The van der Waals surface area contributed by atoms with E-state index in [1.165, 1.54) is 16.7 Å². The fraction of sp³-hybridized carbons (Fsp3) is 0.571. The van der Waals surface area contributed by atoms with E-state index < -0.39 is 0 Å². The molecule has 1 aromatic rings. The van der Waals surface area contributed by atoms with Gasteiger partial charge < -0.3 is 14.6 Å². The maximum Gasteiger partial charge on any atom is 0.117 e. The Morgan fingerprint density at radius 2 is 2.29 bits per heavy atom. The molecule has 17 heavy (non-hydrogen) atoms. The third kappa shape index (κ3) is 2.45. The molecule has 0 aliphatic carbocycles. The van der Waals surface area contributed by atoms with E-state index in [4.69, 9.17) is 0 Å². The van der Waals surface area contributed by atoms with Crippen LogP contribution in [-0.4, -0.2) is 47.4 Å². The molecule has 0 spiro atoms. The van der Waals surface area contributed by atoms with Gasteiger partial charge in [0.2, 0.25) is 0 Å². The fourth-order valence-corrected chi connectivity index (χ4v) is 2.82. The van der Waals surface area contributed by atoms with Crippen LogP contribution in [0.4, 0.5) is 0 Å². The van der Waals surface area contributed by atoms with Gasteiger partial charge in [-0.25, -0.2) is 0 Å². The lowest BCUT2D eigenvalue weighted by Crippen LogP contribution is -2.53. The maximum absolute atomic E-state index is 9.67. The van der Waals surface area contributed by atoms with Crippen LogP contribution >= 0.6 is 0 Å². The van der Waals surface area contributed by atoms with Crippen LogP contribution in [0.1, 0.15) is 17.5 Å². The minimum absolute atomic E-state index is 0.244. The van der Waals surface area contributed by atoms with E-state index in [-0.39, 0.29) is 12.6 Å². The standard InChI is InChI=1S/C14H23N2O/c1-11-4-5-16(3,9-11)14(10-17)6-13-8-15-7-12(13)2/h7-8,14-15,17H,1,4-6,9-10H2,2-3H3/q+1/t14-,16?/m0/s1. The molecule has 0 aromatic carbocycles. The van der Waals surface area contributed by atoms with Gasteiger partial charge in [-0.3, -0.25) is 0 Å². The number of aliphatic hydroxyl groups excluding tert-OH is 1. The predicted molar refractivity (Wildman–Crippen MR) is 69.8 cm³/mol. The molecule has 2 N–H and O–H groups in total. The monoisotopic (exact) mass is 235 g/mol. The molecule has 1 fully saturated rings. The number of H-pyrrole nitrogens is 1. The van der Waals surface area contributed by atoms with E-state index in [1.54, 1.807) is 0 Å². The van der Waals surface area contributed by atoms with Crippen molar-refractivity contribution in [1.29, 1.82) is 0 Å². The molecule has 0 amide bonds. The van der Waals surface area contributed by atoms with Gasteiger partial charge in [0.05, 0.1) is 20.2 Å². The van der Waals surface area contributed by atoms with Crippen molar-refractivity contribution in [2.75, 3.05) is 26.7 Å². The van der Waals surface area contributed by atoms with Crippen LogP contribution in [0, 0.1) is 6.92 Å². The van der Waals surface area contributed by atoms with Gasteiger partial charge in [-0.1, -0.05) is 6.58 Å². The van der Waals surface area contributed by atoms with Gasteiger partial charge in [0, 0.05) is 25.2 Å². The molecule has 1 unspecified atom stereocenters. The molecule has 2 atom stereocenters. The second-order valence-electron chi connectivity index (χ2n) is 5.57. The van der Waals surface area contributed by atoms with Crippen molar-refractivity contribution in [3.05, 3.63) is 35.7 Å². The Labute approximate surface area is 103 Å². The molecule has 1 aliphatic rings. The second-order valence-corrected chi connectivity index (χ2v) is 5.57. The van der Waals surface area contributed by atoms with Crippen LogP contribution in [-0.2, 0) is 6.42 Å². The number of likely N-dealkylation sites (N-methyl/N-ethyl adjacent to an activating group) is 1. The topological polar surface area (TPSA) is 36.0 Å². The highest BCUT2D eigenvalue weighted by Crippen LogP contribution is 2.26. The molecule has 3 nitrogen and oxygen atoms in total. The summed E-state index contributed by atoms with van der Waals surface area (Å²) in [6.45, 7) is 8.55. The first-order valence-electron chi connectivity index (χ1n) is 6.29. The lowest BCUT2D eigenvalue weighted by atomic mass is 10.0. The van der Waals surface area contributed by atoms with Gasteiger partial charge in [0.15, 0.2) is 0 Å². The molecular weight excluding hydrogens is 212 g/mol. The second kappa shape index (κ2) is 4.67. The Bertz CT molecular complexity index is 410. The fourth-order valence-electron chi connectivity index (χ4n) is 2.82. The number of hydrogen-bond acceptors (Lipinski definition) is 1. The van der Waals surface area contributed by atoms with E-state index >= 15 is 0 Å². The van der Waals surface area contributed by atoms with Crippen LogP contribution in [0.15, 0.2) is 24.5 Å². The smallest absolute Gasteiger partial charge is 0.117 e. The third-order valence-electron chi connectivity index (χ3n) is 4.17. The average molecular weight is 235 g/mol. The number of aliphatic hydroxyl groups is 1. The molecule has 3 heteroatoms. The lowest BCUT2D eigenvalue weighted by molar-refractivity contribution is -0.920. The number of aromatic amines is 1. The summed E-state index contributed by atoms with van der Waals surface area (Å²) in [5.74, 6) is 0. The summed E-state index contributed by atoms with van der Waals surface area (Å²) in [7, 11) is 2.24. The van der Waals surface area contributed by atoms with E-state index in [2.05, 4.69) is 31.7 Å². The highest BCUT2D eigenvalue weighted by Gasteiger charge is 2.37. The molecule has 0 bridgehead atoms. The first-order chi connectivity index (χ1) is 8.05. The zero-order chi connectivity index (χ0) is 12.5. The number of hydrogen-bond donors (Lipinski definition) is 2. The normalized spacial score (nSPS) is 26.4. The summed E-state index contributed by atoms with van der Waals surface area (Å²) in [6.07, 6.45) is 6.11. The minimum Gasteiger partial charge on any atom is -0.390 e. The summed E-state index contributed by atoms with van der Waals surface area (Å²) in [5, 5.41) is 9.67. The quantitative estimate of drug-likeness (QED) is 0.604. The minimum atomic E-state index is 0.244. The predicted octanol–water partition coefficient (Wildman–Crippen LogP) is 1.63. The SMILES string of the molecule is C=C1CC[N+](C)([C@H](CO)Cc2c[nH]cc2C)C1. The summed E-state index contributed by atoms with van der Waals surface area (Å²) >= 11 is 0. The van der Waals surface area contributed by atoms with Gasteiger partial charge >= 0.3 is 0 Å². The molecule has 1 aliphatic heterocycles. The highest BCUT2D eigenvalue weighted by atomic mass is 16.3. The number of nitrogens with one attached hydrogen (secondary N) is 1. The van der Waals surface area contributed by atoms with E-state index in [1.807, 2.05) is 6.20 Å². The van der Waals surface area contributed by atoms with Crippen molar-refractivity contribution in [2.24, 2.45) is 0 Å². The van der Waals surface area contributed by atoms with Crippen LogP contribution in [0.5, 0.6) is 0 Å². The zero-order valence-electron chi connectivity index (χ0n) is 10.9. The first kappa shape index (κ1) is 12.4.